The number of nitrogens with one attached hydrogen (secondary N) is 1. The lowest BCUT2D eigenvalue weighted by Crippen LogP contribution is -2.30. The molecule has 0 atom stereocenters. The molecule has 0 unspecified atom stereocenters. The van der Waals surface area contributed by atoms with Gasteiger partial charge < -0.3 is 16.0 Å². The number of para-hydroxylation sites is 2. The Hall–Kier alpha value is -3.12. The third kappa shape index (κ3) is 2.88. The standard InChI is InChI=1S/C21H23N5O/c1-13-8-15(9-14(2)17(13)10-22)21(27)26-12-16-11-23-25(3)20(16)24-18-6-4-5-7-19(18)26/h4-9,11,24H,10,12,22H2,1-3H3. The highest BCUT2D eigenvalue weighted by Gasteiger charge is 2.27. The number of carbonyl (C=O) groups is 1. The fourth-order valence-corrected chi connectivity index (χ4v) is 3.73. The van der Waals surface area contributed by atoms with Crippen molar-refractivity contribution in [2.75, 3.05) is 10.2 Å². The summed E-state index contributed by atoms with van der Waals surface area (Å²) in [5.74, 6) is 0.874. The van der Waals surface area contributed by atoms with Crippen molar-refractivity contribution in [3.63, 3.8) is 0 Å². The first kappa shape index (κ1) is 17.3. The number of hydrogen-bond acceptors (Lipinski definition) is 4. The SMILES string of the molecule is Cc1cc(C(=O)N2Cc3cnn(C)c3Nc3ccccc32)cc(C)c1CN. The Morgan fingerprint density at radius 2 is 1.93 bits per heavy atom. The van der Waals surface area contributed by atoms with Crippen LogP contribution in [0.4, 0.5) is 17.2 Å². The van der Waals surface area contributed by atoms with E-state index >= 15 is 0 Å². The zero-order valence-electron chi connectivity index (χ0n) is 15.8. The Morgan fingerprint density at radius 3 is 2.63 bits per heavy atom. The Kier molecular flexibility index (Phi) is 4.20. The smallest absolute Gasteiger partial charge is 0.258 e. The van der Waals surface area contributed by atoms with Crippen molar-refractivity contribution in [3.8, 4) is 0 Å². The van der Waals surface area contributed by atoms with Crippen molar-refractivity contribution in [2.24, 2.45) is 12.8 Å². The van der Waals surface area contributed by atoms with Crippen molar-refractivity contribution in [1.29, 1.82) is 0 Å². The molecule has 3 aromatic rings. The van der Waals surface area contributed by atoms with Gasteiger partial charge in [0.1, 0.15) is 5.82 Å². The van der Waals surface area contributed by atoms with Gasteiger partial charge >= 0.3 is 0 Å². The summed E-state index contributed by atoms with van der Waals surface area (Å²) < 4.78 is 1.80. The molecule has 1 aliphatic heterocycles. The number of fused-ring (bicyclic) bond motifs is 2. The Morgan fingerprint density at radius 1 is 1.22 bits per heavy atom. The summed E-state index contributed by atoms with van der Waals surface area (Å²) in [7, 11) is 1.89. The third-order valence-corrected chi connectivity index (χ3v) is 5.18. The zero-order valence-corrected chi connectivity index (χ0v) is 15.8. The molecule has 3 N–H and O–H groups in total. The van der Waals surface area contributed by atoms with Gasteiger partial charge in [0.05, 0.1) is 24.1 Å². The minimum Gasteiger partial charge on any atom is -0.338 e. The van der Waals surface area contributed by atoms with Crippen molar-refractivity contribution in [2.45, 2.75) is 26.9 Å². The topological polar surface area (TPSA) is 76.2 Å². The van der Waals surface area contributed by atoms with E-state index in [0.717, 1.165) is 39.4 Å². The molecule has 0 radical (unpaired) electrons. The number of aromatic nitrogens is 2. The summed E-state index contributed by atoms with van der Waals surface area (Å²) in [4.78, 5) is 15.3. The summed E-state index contributed by atoms with van der Waals surface area (Å²) in [6, 6.07) is 11.7. The summed E-state index contributed by atoms with van der Waals surface area (Å²) >= 11 is 0. The van der Waals surface area contributed by atoms with Crippen molar-refractivity contribution in [1.82, 2.24) is 9.78 Å². The first-order chi connectivity index (χ1) is 13.0. The molecular formula is C21H23N5O. The van der Waals surface area contributed by atoms with E-state index < -0.39 is 0 Å². The van der Waals surface area contributed by atoms with E-state index in [1.807, 2.05) is 68.4 Å². The molecule has 1 aromatic heterocycles. The molecule has 138 valence electrons. The van der Waals surface area contributed by atoms with Crippen LogP contribution in [0.15, 0.2) is 42.6 Å². The van der Waals surface area contributed by atoms with Crippen molar-refractivity contribution in [3.05, 3.63) is 70.4 Å². The minimum atomic E-state index is -0.0317. The van der Waals surface area contributed by atoms with Gasteiger partial charge in [-0.3, -0.25) is 9.48 Å². The molecule has 0 spiro atoms. The lowest BCUT2D eigenvalue weighted by Gasteiger charge is -2.23. The summed E-state index contributed by atoms with van der Waals surface area (Å²) in [6.45, 7) is 4.94. The van der Waals surface area contributed by atoms with Crippen LogP contribution in [0.25, 0.3) is 0 Å². The van der Waals surface area contributed by atoms with Gasteiger partial charge in [0.15, 0.2) is 0 Å². The third-order valence-electron chi connectivity index (χ3n) is 5.18. The lowest BCUT2D eigenvalue weighted by molar-refractivity contribution is 0.0985. The number of carbonyl (C=O) groups excluding carboxylic acids is 1. The van der Waals surface area contributed by atoms with Gasteiger partial charge in [-0.15, -0.1) is 0 Å². The van der Waals surface area contributed by atoms with Gasteiger partial charge in [-0.2, -0.15) is 5.10 Å². The van der Waals surface area contributed by atoms with Crippen LogP contribution in [0.1, 0.15) is 32.6 Å². The monoisotopic (exact) mass is 361 g/mol. The fourth-order valence-electron chi connectivity index (χ4n) is 3.73. The molecule has 1 amide bonds. The molecule has 2 heterocycles. The number of hydrogen-bond donors (Lipinski definition) is 2. The van der Waals surface area contributed by atoms with Gasteiger partial charge in [-0.05, 0) is 54.8 Å². The van der Waals surface area contributed by atoms with Gasteiger partial charge in [0, 0.05) is 24.7 Å². The number of benzene rings is 2. The van der Waals surface area contributed by atoms with Crippen LogP contribution >= 0.6 is 0 Å². The van der Waals surface area contributed by atoms with Gasteiger partial charge in [-0.25, -0.2) is 0 Å². The van der Waals surface area contributed by atoms with Gasteiger partial charge in [0.25, 0.3) is 5.91 Å². The maximum Gasteiger partial charge on any atom is 0.258 e. The normalized spacial score (nSPS) is 12.8. The van der Waals surface area contributed by atoms with E-state index in [4.69, 9.17) is 5.73 Å². The quantitative estimate of drug-likeness (QED) is 0.733. The van der Waals surface area contributed by atoms with Gasteiger partial charge in [-0.1, -0.05) is 12.1 Å². The predicted octanol–water partition coefficient (Wildman–Crippen LogP) is 3.40. The molecule has 27 heavy (non-hydrogen) atoms. The minimum absolute atomic E-state index is 0.0317. The molecular weight excluding hydrogens is 338 g/mol. The van der Waals surface area contributed by atoms with E-state index in [9.17, 15) is 4.79 Å². The van der Waals surface area contributed by atoms with Crippen molar-refractivity contribution >= 4 is 23.1 Å². The van der Waals surface area contributed by atoms with E-state index in [-0.39, 0.29) is 5.91 Å². The molecule has 0 bridgehead atoms. The summed E-state index contributed by atoms with van der Waals surface area (Å²) in [6.07, 6.45) is 1.81. The Balaban J connectivity index is 1.82. The molecule has 0 saturated carbocycles. The van der Waals surface area contributed by atoms with E-state index in [2.05, 4.69) is 10.4 Å². The van der Waals surface area contributed by atoms with E-state index in [1.165, 1.54) is 0 Å². The fraction of sp³-hybridized carbons (Fsp3) is 0.238. The highest BCUT2D eigenvalue weighted by Crippen LogP contribution is 2.36. The Labute approximate surface area is 158 Å². The van der Waals surface area contributed by atoms with Crippen LogP contribution in [0, 0.1) is 13.8 Å². The Bertz CT molecular complexity index is 1010. The highest BCUT2D eigenvalue weighted by atomic mass is 16.2. The second-order valence-corrected chi connectivity index (χ2v) is 6.97. The molecule has 2 aromatic carbocycles. The zero-order chi connectivity index (χ0) is 19.1. The first-order valence-electron chi connectivity index (χ1n) is 8.98. The number of aryl methyl sites for hydroxylation is 3. The second-order valence-electron chi connectivity index (χ2n) is 6.97. The number of nitrogens with two attached hydrogens (primary N) is 1. The molecule has 0 aliphatic carbocycles. The maximum atomic E-state index is 13.5. The second kappa shape index (κ2) is 6.55. The van der Waals surface area contributed by atoms with E-state index in [0.29, 0.717) is 18.7 Å². The number of rotatable bonds is 2. The largest absolute Gasteiger partial charge is 0.338 e. The van der Waals surface area contributed by atoms with Crippen LogP contribution in [0.5, 0.6) is 0 Å². The average Bonchev–Trinajstić information content (AvgIpc) is 2.90. The number of anilines is 3. The van der Waals surface area contributed by atoms with Gasteiger partial charge in [0.2, 0.25) is 0 Å². The molecule has 0 saturated heterocycles. The number of nitrogens with zero attached hydrogens (tertiary/aromatic N) is 3. The van der Waals surface area contributed by atoms with Crippen LogP contribution in [-0.4, -0.2) is 15.7 Å². The summed E-state index contributed by atoms with van der Waals surface area (Å²) in [5.41, 5.74) is 12.4. The van der Waals surface area contributed by atoms with Crippen molar-refractivity contribution < 1.29 is 4.79 Å². The molecule has 6 nitrogen and oxygen atoms in total. The first-order valence-corrected chi connectivity index (χ1v) is 8.98. The van der Waals surface area contributed by atoms with Crippen LogP contribution in [0.2, 0.25) is 0 Å². The lowest BCUT2D eigenvalue weighted by atomic mass is 9.98. The average molecular weight is 361 g/mol. The van der Waals surface area contributed by atoms with Crippen LogP contribution in [-0.2, 0) is 20.1 Å². The molecule has 1 aliphatic rings. The maximum absolute atomic E-state index is 13.5. The molecule has 6 heteroatoms. The molecule has 0 fully saturated rings. The molecule has 4 rings (SSSR count). The van der Waals surface area contributed by atoms with Crippen LogP contribution < -0.4 is 16.0 Å². The highest BCUT2D eigenvalue weighted by molar-refractivity contribution is 6.08. The number of amides is 1. The predicted molar refractivity (Wildman–Crippen MR) is 107 cm³/mol. The van der Waals surface area contributed by atoms with Crippen LogP contribution in [0.3, 0.4) is 0 Å². The van der Waals surface area contributed by atoms with E-state index in [1.54, 1.807) is 4.68 Å². The summed E-state index contributed by atoms with van der Waals surface area (Å²) in [5, 5.41) is 7.75.